The van der Waals surface area contributed by atoms with Crippen LogP contribution in [0.3, 0.4) is 0 Å². The second-order valence-electron chi connectivity index (χ2n) is 6.33. The molecule has 27 heavy (non-hydrogen) atoms. The van der Waals surface area contributed by atoms with Crippen molar-refractivity contribution in [1.82, 2.24) is 5.32 Å². The third kappa shape index (κ3) is 7.54. The van der Waals surface area contributed by atoms with Gasteiger partial charge in [0.2, 0.25) is 0 Å². The Balaban J connectivity index is 1.93. The molecule has 5 heteroatoms. The van der Waals surface area contributed by atoms with E-state index in [1.54, 1.807) is 0 Å². The van der Waals surface area contributed by atoms with E-state index in [0.29, 0.717) is 12.0 Å². The van der Waals surface area contributed by atoms with Crippen LogP contribution in [0.15, 0.2) is 54.6 Å². The van der Waals surface area contributed by atoms with Gasteiger partial charge >= 0.3 is 5.97 Å². The first kappa shape index (κ1) is 20.5. The Kier molecular flexibility index (Phi) is 8.39. The van der Waals surface area contributed by atoms with E-state index in [0.717, 1.165) is 25.8 Å². The van der Waals surface area contributed by atoms with E-state index in [2.05, 4.69) is 24.4 Å². The maximum absolute atomic E-state index is 12.2. The molecule has 5 nitrogen and oxygen atoms in total. The number of rotatable bonds is 10. The minimum atomic E-state index is -0.482. The number of aromatic hydroxyl groups is 2. The number of hydrogen-bond acceptors (Lipinski definition) is 5. The summed E-state index contributed by atoms with van der Waals surface area (Å²) in [5.74, 6) is -0.612. The quantitative estimate of drug-likeness (QED) is 0.255. The number of phenols is 2. The van der Waals surface area contributed by atoms with Gasteiger partial charge in [-0.05, 0) is 43.2 Å². The maximum Gasteiger partial charge on any atom is 0.332 e. The van der Waals surface area contributed by atoms with Crippen molar-refractivity contribution in [2.75, 3.05) is 6.54 Å². The molecule has 0 fully saturated rings. The summed E-state index contributed by atoms with van der Waals surface area (Å²) in [5, 5.41) is 22.3. The lowest BCUT2D eigenvalue weighted by atomic mass is 10.1. The van der Waals surface area contributed by atoms with Crippen LogP contribution in [0.1, 0.15) is 37.3 Å². The lowest BCUT2D eigenvalue weighted by Gasteiger charge is -2.18. The molecule has 3 N–H and O–H groups in total. The van der Waals surface area contributed by atoms with Crippen LogP contribution in [-0.4, -0.2) is 29.0 Å². The molecule has 0 spiro atoms. The number of carbonyl (C=O) groups excluding carboxylic acids is 1. The highest BCUT2D eigenvalue weighted by atomic mass is 16.6. The lowest BCUT2D eigenvalue weighted by Crippen LogP contribution is -2.34. The number of ether oxygens (including phenoxy) is 1. The molecular formula is C22H27NO4. The Morgan fingerprint density at radius 2 is 1.96 bits per heavy atom. The molecule has 0 heterocycles. The van der Waals surface area contributed by atoms with Gasteiger partial charge in [-0.2, -0.15) is 0 Å². The van der Waals surface area contributed by atoms with Crippen molar-refractivity contribution in [3.05, 3.63) is 65.7 Å². The summed E-state index contributed by atoms with van der Waals surface area (Å²) in [5.41, 5.74) is 1.63. The van der Waals surface area contributed by atoms with Gasteiger partial charge in [0.15, 0.2) is 6.23 Å². The van der Waals surface area contributed by atoms with Gasteiger partial charge < -0.3 is 14.9 Å². The van der Waals surface area contributed by atoms with E-state index in [-0.39, 0.29) is 17.7 Å². The van der Waals surface area contributed by atoms with Crippen LogP contribution in [0.2, 0.25) is 0 Å². The van der Waals surface area contributed by atoms with Crippen molar-refractivity contribution < 1.29 is 19.7 Å². The normalized spacial score (nSPS) is 12.2. The number of aryl methyl sites for hydroxylation is 1. The molecule has 1 atom stereocenters. The molecule has 0 radical (unpaired) electrons. The fourth-order valence-electron chi connectivity index (χ4n) is 2.60. The molecule has 0 aliphatic rings. The van der Waals surface area contributed by atoms with Crippen LogP contribution in [0.5, 0.6) is 11.5 Å². The van der Waals surface area contributed by atoms with E-state index >= 15 is 0 Å². The molecular weight excluding hydrogens is 342 g/mol. The fraction of sp³-hybridized carbons (Fsp3) is 0.318. The molecule has 0 amide bonds. The molecule has 0 saturated heterocycles. The topological polar surface area (TPSA) is 78.8 Å². The van der Waals surface area contributed by atoms with Gasteiger partial charge in [-0.15, -0.1) is 0 Å². The average Bonchev–Trinajstić information content (AvgIpc) is 2.66. The average molecular weight is 369 g/mol. The molecule has 1 unspecified atom stereocenters. The highest BCUT2D eigenvalue weighted by molar-refractivity contribution is 5.87. The fourth-order valence-corrected chi connectivity index (χ4v) is 2.60. The standard InChI is InChI=1S/C22H27NO4/c1-2-3-15-23-21(13-9-17-7-5-4-6-8-17)27-22(26)14-11-18-10-12-19(24)16-20(18)25/h4-8,10-12,14,16,21,23-25H,2-3,9,13,15H2,1H3/b14-11+. The third-order valence-electron chi connectivity index (χ3n) is 4.11. The number of phenolic OH excluding ortho intramolecular Hbond substituents is 2. The molecule has 0 aliphatic heterocycles. The van der Waals surface area contributed by atoms with Crippen molar-refractivity contribution in [1.29, 1.82) is 0 Å². The maximum atomic E-state index is 12.2. The monoisotopic (exact) mass is 369 g/mol. The van der Waals surface area contributed by atoms with E-state index in [1.807, 2.05) is 18.2 Å². The van der Waals surface area contributed by atoms with Crippen molar-refractivity contribution in [2.24, 2.45) is 0 Å². The highest BCUT2D eigenvalue weighted by Gasteiger charge is 2.12. The number of benzene rings is 2. The van der Waals surface area contributed by atoms with Gasteiger partial charge in [0.05, 0.1) is 0 Å². The number of unbranched alkanes of at least 4 members (excludes halogenated alkanes) is 1. The Morgan fingerprint density at radius 3 is 2.67 bits per heavy atom. The number of nitrogens with one attached hydrogen (secondary N) is 1. The Bertz CT molecular complexity index is 743. The minimum absolute atomic E-state index is 0.0340. The smallest absolute Gasteiger partial charge is 0.332 e. The summed E-state index contributed by atoms with van der Waals surface area (Å²) in [6, 6.07) is 14.3. The van der Waals surface area contributed by atoms with Crippen molar-refractivity contribution in [3.63, 3.8) is 0 Å². The molecule has 0 bridgehead atoms. The zero-order valence-corrected chi connectivity index (χ0v) is 15.6. The summed E-state index contributed by atoms with van der Waals surface area (Å²) in [7, 11) is 0. The first-order valence-electron chi connectivity index (χ1n) is 9.26. The molecule has 144 valence electrons. The van der Waals surface area contributed by atoms with Crippen LogP contribution < -0.4 is 5.32 Å². The lowest BCUT2D eigenvalue weighted by molar-refractivity contribution is -0.144. The van der Waals surface area contributed by atoms with E-state index in [1.165, 1.54) is 35.9 Å². The Hall–Kier alpha value is -2.79. The van der Waals surface area contributed by atoms with Crippen LogP contribution in [0.25, 0.3) is 6.08 Å². The molecule has 0 aliphatic carbocycles. The second kappa shape index (κ2) is 11.0. The summed E-state index contributed by atoms with van der Waals surface area (Å²) >= 11 is 0. The highest BCUT2D eigenvalue weighted by Crippen LogP contribution is 2.23. The SMILES string of the molecule is CCCCNC(CCc1ccccc1)OC(=O)/C=C/c1ccc(O)cc1O. The van der Waals surface area contributed by atoms with Gasteiger partial charge in [-0.1, -0.05) is 43.7 Å². The number of esters is 1. The molecule has 2 aromatic carbocycles. The first-order valence-corrected chi connectivity index (χ1v) is 9.26. The summed E-state index contributed by atoms with van der Waals surface area (Å²) in [6.45, 7) is 2.89. The van der Waals surface area contributed by atoms with Crippen LogP contribution >= 0.6 is 0 Å². The van der Waals surface area contributed by atoms with Crippen molar-refractivity contribution in [2.45, 2.75) is 38.8 Å². The molecule has 2 rings (SSSR count). The summed E-state index contributed by atoms with van der Waals surface area (Å²) in [4.78, 5) is 12.2. The van der Waals surface area contributed by atoms with E-state index in [9.17, 15) is 15.0 Å². The van der Waals surface area contributed by atoms with Gasteiger partial charge in [0.1, 0.15) is 11.5 Å². The summed E-state index contributed by atoms with van der Waals surface area (Å²) < 4.78 is 5.54. The van der Waals surface area contributed by atoms with E-state index in [4.69, 9.17) is 4.74 Å². The molecule has 2 aromatic rings. The van der Waals surface area contributed by atoms with Crippen molar-refractivity contribution >= 4 is 12.0 Å². The van der Waals surface area contributed by atoms with Crippen molar-refractivity contribution in [3.8, 4) is 11.5 Å². The van der Waals surface area contributed by atoms with Crippen LogP contribution in [-0.2, 0) is 16.0 Å². The first-order chi connectivity index (χ1) is 13.1. The molecule has 0 aromatic heterocycles. The third-order valence-corrected chi connectivity index (χ3v) is 4.11. The van der Waals surface area contributed by atoms with E-state index < -0.39 is 5.97 Å². The second-order valence-corrected chi connectivity index (χ2v) is 6.33. The zero-order chi connectivity index (χ0) is 19.5. The minimum Gasteiger partial charge on any atom is -0.508 e. The predicted octanol–water partition coefficient (Wildman–Crippen LogP) is 4.00. The molecule has 0 saturated carbocycles. The number of carbonyl (C=O) groups is 1. The van der Waals surface area contributed by atoms with Crippen LogP contribution in [0.4, 0.5) is 0 Å². The van der Waals surface area contributed by atoms with Gasteiger partial charge in [0, 0.05) is 24.1 Å². The van der Waals surface area contributed by atoms with Gasteiger partial charge in [0.25, 0.3) is 0 Å². The Labute approximate surface area is 160 Å². The number of hydrogen-bond donors (Lipinski definition) is 3. The predicted molar refractivity (Wildman–Crippen MR) is 106 cm³/mol. The zero-order valence-electron chi connectivity index (χ0n) is 15.6. The van der Waals surface area contributed by atoms with Gasteiger partial charge in [-0.25, -0.2) is 4.79 Å². The summed E-state index contributed by atoms with van der Waals surface area (Å²) in [6.07, 6.45) is 5.93. The Morgan fingerprint density at radius 1 is 1.19 bits per heavy atom. The van der Waals surface area contributed by atoms with Crippen LogP contribution in [0, 0.1) is 0 Å². The van der Waals surface area contributed by atoms with Gasteiger partial charge in [-0.3, -0.25) is 5.32 Å². The largest absolute Gasteiger partial charge is 0.508 e.